The van der Waals surface area contributed by atoms with Crippen LogP contribution in [0.2, 0.25) is 0 Å². The number of hydrogen-bond donors (Lipinski definition) is 1. The summed E-state index contributed by atoms with van der Waals surface area (Å²) >= 11 is 1.68. The third-order valence-electron chi connectivity index (χ3n) is 4.31. The summed E-state index contributed by atoms with van der Waals surface area (Å²) in [5.74, 6) is 0.569. The second-order valence-electron chi connectivity index (χ2n) is 5.77. The third-order valence-corrected chi connectivity index (χ3v) is 5.08. The second-order valence-corrected chi connectivity index (χ2v) is 6.64. The molecule has 0 unspecified atom stereocenters. The maximum Gasteiger partial charge on any atom is 0.193 e. The van der Waals surface area contributed by atoms with E-state index in [9.17, 15) is 0 Å². The van der Waals surface area contributed by atoms with Gasteiger partial charge in [-0.05, 0) is 37.6 Å². The molecule has 3 aromatic rings. The molecule has 0 aliphatic carbocycles. The monoisotopic (exact) mass is 313 g/mol. The van der Waals surface area contributed by atoms with Crippen molar-refractivity contribution in [2.75, 3.05) is 13.1 Å². The lowest BCUT2D eigenvalue weighted by molar-refractivity contribution is 0.195. The molecule has 6 heteroatoms. The summed E-state index contributed by atoms with van der Waals surface area (Å²) < 4.78 is 2.20. The lowest BCUT2D eigenvalue weighted by Gasteiger charge is -2.32. The molecule has 0 saturated carbocycles. The standard InChI is InChI=1S/C16H19N5S/c1-3-13(15-5-6-18-19-15)11-20(8-1)12-14-4-2-9-21(14)16-17-7-10-22-16/h2,4-7,9-10,13H,1,3,8,11-12H2,(H,18,19)/t13-/m0/s1. The minimum Gasteiger partial charge on any atom is -0.297 e. The Kier molecular flexibility index (Phi) is 3.78. The Hall–Kier alpha value is -1.92. The highest BCUT2D eigenvalue weighted by molar-refractivity contribution is 7.12. The van der Waals surface area contributed by atoms with E-state index in [1.165, 1.54) is 24.2 Å². The number of thiazole rings is 1. The zero-order valence-electron chi connectivity index (χ0n) is 12.4. The average Bonchev–Trinajstić information content (AvgIpc) is 3.29. The first-order valence-corrected chi connectivity index (χ1v) is 8.56. The third kappa shape index (κ3) is 2.71. The van der Waals surface area contributed by atoms with Crippen LogP contribution >= 0.6 is 11.3 Å². The number of likely N-dealkylation sites (tertiary alicyclic amines) is 1. The Morgan fingerprint density at radius 2 is 2.32 bits per heavy atom. The van der Waals surface area contributed by atoms with Gasteiger partial charge in [-0.25, -0.2) is 4.98 Å². The molecule has 1 aliphatic rings. The van der Waals surface area contributed by atoms with Gasteiger partial charge in [-0.15, -0.1) is 11.3 Å². The van der Waals surface area contributed by atoms with E-state index >= 15 is 0 Å². The van der Waals surface area contributed by atoms with Gasteiger partial charge >= 0.3 is 0 Å². The Balaban J connectivity index is 1.49. The zero-order chi connectivity index (χ0) is 14.8. The van der Waals surface area contributed by atoms with Crippen molar-refractivity contribution in [1.29, 1.82) is 0 Å². The highest BCUT2D eigenvalue weighted by Gasteiger charge is 2.23. The van der Waals surface area contributed by atoms with Crippen molar-refractivity contribution in [3.05, 3.63) is 53.6 Å². The molecule has 0 amide bonds. The number of hydrogen-bond acceptors (Lipinski definition) is 4. The summed E-state index contributed by atoms with van der Waals surface area (Å²) in [7, 11) is 0. The van der Waals surface area contributed by atoms with E-state index < -0.39 is 0 Å². The minimum absolute atomic E-state index is 0.569. The molecule has 1 atom stereocenters. The van der Waals surface area contributed by atoms with Crippen LogP contribution in [-0.2, 0) is 6.54 Å². The van der Waals surface area contributed by atoms with Crippen molar-refractivity contribution in [3.8, 4) is 5.13 Å². The van der Waals surface area contributed by atoms with Gasteiger partial charge in [0, 0.05) is 54.4 Å². The summed E-state index contributed by atoms with van der Waals surface area (Å²) in [5.41, 5.74) is 2.57. The molecule has 1 aliphatic heterocycles. The highest BCUT2D eigenvalue weighted by atomic mass is 32.1. The Morgan fingerprint density at radius 3 is 3.14 bits per heavy atom. The van der Waals surface area contributed by atoms with Crippen LogP contribution < -0.4 is 0 Å². The van der Waals surface area contributed by atoms with Crippen LogP contribution in [-0.4, -0.2) is 37.7 Å². The molecule has 0 spiro atoms. The van der Waals surface area contributed by atoms with Crippen molar-refractivity contribution in [2.24, 2.45) is 0 Å². The largest absolute Gasteiger partial charge is 0.297 e. The molecular weight excluding hydrogens is 294 g/mol. The normalized spacial score (nSPS) is 19.5. The van der Waals surface area contributed by atoms with Crippen LogP contribution in [0.1, 0.15) is 30.1 Å². The summed E-state index contributed by atoms with van der Waals surface area (Å²) in [5, 5.41) is 10.3. The molecule has 4 rings (SSSR count). The lowest BCUT2D eigenvalue weighted by Crippen LogP contribution is -2.34. The number of nitrogens with zero attached hydrogens (tertiary/aromatic N) is 4. The van der Waals surface area contributed by atoms with Crippen molar-refractivity contribution >= 4 is 11.3 Å². The van der Waals surface area contributed by atoms with Crippen LogP contribution in [0.4, 0.5) is 0 Å². The van der Waals surface area contributed by atoms with Gasteiger partial charge in [-0.3, -0.25) is 14.6 Å². The van der Waals surface area contributed by atoms with Gasteiger partial charge in [0.1, 0.15) is 0 Å². The number of rotatable bonds is 4. The predicted molar refractivity (Wildman–Crippen MR) is 87.3 cm³/mol. The topological polar surface area (TPSA) is 49.7 Å². The molecule has 0 aromatic carbocycles. The van der Waals surface area contributed by atoms with E-state index in [4.69, 9.17) is 0 Å². The van der Waals surface area contributed by atoms with E-state index in [0.29, 0.717) is 5.92 Å². The fraction of sp³-hybridized carbons (Fsp3) is 0.375. The van der Waals surface area contributed by atoms with Gasteiger partial charge < -0.3 is 0 Å². The summed E-state index contributed by atoms with van der Waals surface area (Å²) in [6, 6.07) is 6.40. The second kappa shape index (κ2) is 6.06. The maximum atomic E-state index is 4.42. The number of nitrogens with one attached hydrogen (secondary N) is 1. The van der Waals surface area contributed by atoms with Crippen LogP contribution in [0, 0.1) is 0 Å². The quantitative estimate of drug-likeness (QED) is 0.805. The SMILES string of the molecule is c1cc(CN2CCC[C@H](c3ccn[nH]3)C2)n(-c2nccs2)c1. The van der Waals surface area contributed by atoms with Crippen molar-refractivity contribution < 1.29 is 0 Å². The molecule has 0 bridgehead atoms. The fourth-order valence-electron chi connectivity index (χ4n) is 3.24. The molecule has 1 saturated heterocycles. The van der Waals surface area contributed by atoms with Gasteiger partial charge in [0.05, 0.1) is 0 Å². The van der Waals surface area contributed by atoms with Gasteiger partial charge in [0.25, 0.3) is 0 Å². The molecule has 5 nitrogen and oxygen atoms in total. The first-order valence-electron chi connectivity index (χ1n) is 7.68. The maximum absolute atomic E-state index is 4.42. The van der Waals surface area contributed by atoms with Crippen molar-refractivity contribution in [3.63, 3.8) is 0 Å². The molecule has 1 fully saturated rings. The number of piperidine rings is 1. The van der Waals surface area contributed by atoms with E-state index in [1.807, 2.05) is 17.8 Å². The van der Waals surface area contributed by atoms with Crippen LogP contribution in [0.25, 0.3) is 5.13 Å². The molecule has 114 valence electrons. The predicted octanol–water partition coefficient (Wildman–Crippen LogP) is 3.04. The van der Waals surface area contributed by atoms with E-state index in [0.717, 1.165) is 24.8 Å². The van der Waals surface area contributed by atoms with E-state index in [-0.39, 0.29) is 0 Å². The first kappa shape index (κ1) is 13.7. The van der Waals surface area contributed by atoms with Gasteiger partial charge in [0.15, 0.2) is 5.13 Å². The summed E-state index contributed by atoms with van der Waals surface area (Å²) in [6.45, 7) is 3.22. The molecule has 1 N–H and O–H groups in total. The van der Waals surface area contributed by atoms with Crippen LogP contribution in [0.3, 0.4) is 0 Å². The lowest BCUT2D eigenvalue weighted by atomic mass is 9.95. The van der Waals surface area contributed by atoms with Gasteiger partial charge in [-0.1, -0.05) is 0 Å². The molecular formula is C16H19N5S. The minimum atomic E-state index is 0.569. The Labute approximate surface area is 133 Å². The van der Waals surface area contributed by atoms with Crippen molar-refractivity contribution in [2.45, 2.75) is 25.3 Å². The Morgan fingerprint density at radius 1 is 1.32 bits per heavy atom. The average molecular weight is 313 g/mol. The van der Waals surface area contributed by atoms with E-state index in [1.54, 1.807) is 11.3 Å². The molecule has 3 aromatic heterocycles. The summed E-state index contributed by atoms with van der Waals surface area (Å²) in [4.78, 5) is 6.95. The smallest absolute Gasteiger partial charge is 0.193 e. The summed E-state index contributed by atoms with van der Waals surface area (Å²) in [6.07, 6.45) is 8.29. The van der Waals surface area contributed by atoms with E-state index in [2.05, 4.69) is 49.0 Å². The Bertz CT molecular complexity index is 701. The van der Waals surface area contributed by atoms with Gasteiger partial charge in [0.2, 0.25) is 0 Å². The van der Waals surface area contributed by atoms with Crippen molar-refractivity contribution in [1.82, 2.24) is 24.6 Å². The highest BCUT2D eigenvalue weighted by Crippen LogP contribution is 2.26. The number of aromatic nitrogens is 4. The molecule has 22 heavy (non-hydrogen) atoms. The molecule has 4 heterocycles. The first-order chi connectivity index (χ1) is 10.9. The van der Waals surface area contributed by atoms with Gasteiger partial charge in [-0.2, -0.15) is 5.10 Å². The van der Waals surface area contributed by atoms with Crippen LogP contribution in [0.5, 0.6) is 0 Å². The number of H-pyrrole nitrogens is 1. The zero-order valence-corrected chi connectivity index (χ0v) is 13.2. The fourth-order valence-corrected chi connectivity index (χ4v) is 3.90. The number of aromatic amines is 1. The molecule has 0 radical (unpaired) electrons. The van der Waals surface area contributed by atoms with Crippen LogP contribution in [0.15, 0.2) is 42.2 Å².